The van der Waals surface area contributed by atoms with Crippen molar-refractivity contribution in [1.82, 2.24) is 5.32 Å². The van der Waals surface area contributed by atoms with Gasteiger partial charge in [0, 0.05) is 19.1 Å². The van der Waals surface area contributed by atoms with Crippen molar-refractivity contribution in [3.8, 4) is 0 Å². The van der Waals surface area contributed by atoms with Gasteiger partial charge in [0.15, 0.2) is 0 Å². The number of benzene rings is 1. The Labute approximate surface area is 92.9 Å². The molecule has 1 aromatic carbocycles. The van der Waals surface area contributed by atoms with E-state index >= 15 is 0 Å². The van der Waals surface area contributed by atoms with Crippen LogP contribution in [0, 0.1) is 12.8 Å². The van der Waals surface area contributed by atoms with Gasteiger partial charge >= 0.3 is 0 Å². The summed E-state index contributed by atoms with van der Waals surface area (Å²) in [7, 11) is 0. The lowest BCUT2D eigenvalue weighted by atomic mass is 10.0. The molecule has 0 aliphatic heterocycles. The van der Waals surface area contributed by atoms with E-state index in [0.717, 1.165) is 6.54 Å². The smallest absolute Gasteiger partial charge is 0.0216 e. The van der Waals surface area contributed by atoms with Crippen LogP contribution in [0.1, 0.15) is 25.0 Å². The van der Waals surface area contributed by atoms with Crippen LogP contribution in [0.25, 0.3) is 0 Å². The normalized spacial score (nSPS) is 13.1. The second-order valence-corrected chi connectivity index (χ2v) is 4.45. The second-order valence-electron chi connectivity index (χ2n) is 4.45. The van der Waals surface area contributed by atoms with Crippen molar-refractivity contribution in [2.45, 2.75) is 33.4 Å². The van der Waals surface area contributed by atoms with Crippen LogP contribution in [-0.2, 0) is 6.54 Å². The van der Waals surface area contributed by atoms with Gasteiger partial charge in [0.25, 0.3) is 0 Å². The summed E-state index contributed by atoms with van der Waals surface area (Å²) in [4.78, 5) is 0. The summed E-state index contributed by atoms with van der Waals surface area (Å²) in [6.45, 7) is 8.09. The fourth-order valence-electron chi connectivity index (χ4n) is 1.55. The van der Waals surface area contributed by atoms with E-state index in [4.69, 9.17) is 5.73 Å². The van der Waals surface area contributed by atoms with Crippen LogP contribution in [0.2, 0.25) is 0 Å². The first-order valence-corrected chi connectivity index (χ1v) is 5.62. The predicted molar refractivity (Wildman–Crippen MR) is 65.7 cm³/mol. The van der Waals surface area contributed by atoms with E-state index in [9.17, 15) is 0 Å². The van der Waals surface area contributed by atoms with Crippen molar-refractivity contribution in [3.63, 3.8) is 0 Å². The molecule has 0 aliphatic carbocycles. The Morgan fingerprint density at radius 3 is 2.27 bits per heavy atom. The highest BCUT2D eigenvalue weighted by atomic mass is 14.9. The molecule has 0 amide bonds. The van der Waals surface area contributed by atoms with E-state index in [2.05, 4.69) is 50.4 Å². The van der Waals surface area contributed by atoms with Crippen LogP contribution in [0.5, 0.6) is 0 Å². The lowest BCUT2D eigenvalue weighted by Crippen LogP contribution is -2.39. The van der Waals surface area contributed by atoms with Gasteiger partial charge in [-0.3, -0.25) is 0 Å². The highest BCUT2D eigenvalue weighted by Crippen LogP contribution is 2.05. The molecule has 3 N–H and O–H groups in total. The molecule has 84 valence electrons. The van der Waals surface area contributed by atoms with Crippen LogP contribution < -0.4 is 11.1 Å². The first-order chi connectivity index (χ1) is 7.13. The minimum atomic E-state index is 0.409. The highest BCUT2D eigenvalue weighted by Gasteiger charge is 2.09. The largest absolute Gasteiger partial charge is 0.329 e. The molecule has 0 spiro atoms. The average molecular weight is 206 g/mol. The van der Waals surface area contributed by atoms with Gasteiger partial charge in [-0.25, -0.2) is 0 Å². The fraction of sp³-hybridized carbons (Fsp3) is 0.538. The number of rotatable bonds is 5. The molecule has 0 aliphatic rings. The van der Waals surface area contributed by atoms with Crippen molar-refractivity contribution in [2.24, 2.45) is 11.7 Å². The van der Waals surface area contributed by atoms with Gasteiger partial charge < -0.3 is 11.1 Å². The monoisotopic (exact) mass is 206 g/mol. The highest BCUT2D eigenvalue weighted by molar-refractivity contribution is 5.21. The van der Waals surface area contributed by atoms with E-state index in [1.165, 1.54) is 11.1 Å². The quantitative estimate of drug-likeness (QED) is 0.774. The Morgan fingerprint density at radius 2 is 1.80 bits per heavy atom. The second kappa shape index (κ2) is 5.89. The Kier molecular flexibility index (Phi) is 4.79. The summed E-state index contributed by atoms with van der Waals surface area (Å²) in [5.41, 5.74) is 8.32. The van der Waals surface area contributed by atoms with Crippen LogP contribution in [0.3, 0.4) is 0 Å². The van der Waals surface area contributed by atoms with Crippen LogP contribution in [-0.4, -0.2) is 12.6 Å². The molecule has 15 heavy (non-hydrogen) atoms. The molecule has 2 nitrogen and oxygen atoms in total. The third-order valence-electron chi connectivity index (χ3n) is 2.75. The zero-order valence-electron chi connectivity index (χ0n) is 9.96. The molecule has 1 aromatic rings. The molecule has 0 heterocycles. The van der Waals surface area contributed by atoms with Crippen LogP contribution in [0.4, 0.5) is 0 Å². The molecule has 1 atom stereocenters. The van der Waals surface area contributed by atoms with Crippen molar-refractivity contribution >= 4 is 0 Å². The molecule has 1 rings (SSSR count). The topological polar surface area (TPSA) is 38.0 Å². The molecule has 0 bridgehead atoms. The summed E-state index contributed by atoms with van der Waals surface area (Å²) >= 11 is 0. The molecular weight excluding hydrogens is 184 g/mol. The minimum Gasteiger partial charge on any atom is -0.329 e. The number of nitrogens with two attached hydrogens (primary N) is 1. The maximum absolute atomic E-state index is 5.70. The van der Waals surface area contributed by atoms with E-state index in [0.29, 0.717) is 18.5 Å². The van der Waals surface area contributed by atoms with E-state index in [-0.39, 0.29) is 0 Å². The summed E-state index contributed by atoms with van der Waals surface area (Å²) in [6.07, 6.45) is 0. The fourth-order valence-corrected chi connectivity index (χ4v) is 1.55. The first-order valence-electron chi connectivity index (χ1n) is 5.62. The number of hydrogen-bond acceptors (Lipinski definition) is 2. The average Bonchev–Trinajstić information content (AvgIpc) is 2.21. The number of nitrogens with one attached hydrogen (secondary N) is 1. The van der Waals surface area contributed by atoms with Crippen molar-refractivity contribution < 1.29 is 0 Å². The lowest BCUT2D eigenvalue weighted by Gasteiger charge is -2.20. The van der Waals surface area contributed by atoms with Gasteiger partial charge in [-0.15, -0.1) is 0 Å². The van der Waals surface area contributed by atoms with Crippen molar-refractivity contribution in [3.05, 3.63) is 35.4 Å². The molecule has 0 saturated heterocycles. The third-order valence-corrected chi connectivity index (χ3v) is 2.75. The van der Waals surface area contributed by atoms with Gasteiger partial charge in [-0.1, -0.05) is 43.7 Å². The number of aryl methyl sites for hydroxylation is 1. The number of hydrogen-bond donors (Lipinski definition) is 2. The maximum atomic E-state index is 5.70. The molecular formula is C13H22N2. The Bertz CT molecular complexity index is 277. The molecule has 2 heteroatoms. The Hall–Kier alpha value is -0.860. The van der Waals surface area contributed by atoms with E-state index < -0.39 is 0 Å². The van der Waals surface area contributed by atoms with Gasteiger partial charge in [-0.2, -0.15) is 0 Å². The standard InChI is InChI=1S/C13H22N2/c1-10(2)13(8-14)15-9-12-6-4-11(3)5-7-12/h4-7,10,13,15H,8-9,14H2,1-3H3. The Balaban J connectivity index is 2.45. The molecule has 0 radical (unpaired) electrons. The SMILES string of the molecule is Cc1ccc(CNC(CN)C(C)C)cc1. The summed E-state index contributed by atoms with van der Waals surface area (Å²) < 4.78 is 0. The van der Waals surface area contributed by atoms with Gasteiger partial charge in [-0.05, 0) is 18.4 Å². The lowest BCUT2D eigenvalue weighted by molar-refractivity contribution is 0.405. The molecule has 0 saturated carbocycles. The predicted octanol–water partition coefficient (Wildman–Crippen LogP) is 2.07. The van der Waals surface area contributed by atoms with E-state index in [1.54, 1.807) is 0 Å². The summed E-state index contributed by atoms with van der Waals surface area (Å²) in [5, 5.41) is 3.48. The molecule has 0 fully saturated rings. The van der Waals surface area contributed by atoms with Gasteiger partial charge in [0.2, 0.25) is 0 Å². The zero-order chi connectivity index (χ0) is 11.3. The van der Waals surface area contributed by atoms with Gasteiger partial charge in [0.05, 0.1) is 0 Å². The minimum absolute atomic E-state index is 0.409. The van der Waals surface area contributed by atoms with Crippen molar-refractivity contribution in [2.75, 3.05) is 6.54 Å². The van der Waals surface area contributed by atoms with E-state index in [1.807, 2.05) is 0 Å². The van der Waals surface area contributed by atoms with Crippen LogP contribution >= 0.6 is 0 Å². The first kappa shape index (κ1) is 12.2. The third kappa shape index (κ3) is 4.02. The van der Waals surface area contributed by atoms with Crippen molar-refractivity contribution in [1.29, 1.82) is 0 Å². The molecule has 0 aromatic heterocycles. The maximum Gasteiger partial charge on any atom is 0.0216 e. The zero-order valence-corrected chi connectivity index (χ0v) is 9.96. The van der Waals surface area contributed by atoms with Crippen LogP contribution in [0.15, 0.2) is 24.3 Å². The summed E-state index contributed by atoms with van der Waals surface area (Å²) in [5.74, 6) is 0.584. The summed E-state index contributed by atoms with van der Waals surface area (Å²) in [6, 6.07) is 9.02. The van der Waals surface area contributed by atoms with Gasteiger partial charge in [0.1, 0.15) is 0 Å². The Morgan fingerprint density at radius 1 is 1.20 bits per heavy atom. The molecule has 1 unspecified atom stereocenters.